The predicted molar refractivity (Wildman–Crippen MR) is 94.8 cm³/mol. The predicted octanol–water partition coefficient (Wildman–Crippen LogP) is 3.63. The van der Waals surface area contributed by atoms with Crippen molar-refractivity contribution >= 4 is 40.6 Å². The first kappa shape index (κ1) is 16.8. The Balaban J connectivity index is 1.98. The number of carboxylic acid groups (broad SMARTS) is 1. The van der Waals surface area contributed by atoms with Crippen molar-refractivity contribution in [3.05, 3.63) is 64.6 Å². The Morgan fingerprint density at radius 3 is 2.64 bits per heavy atom. The van der Waals surface area contributed by atoms with Gasteiger partial charge in [0.15, 0.2) is 0 Å². The molecule has 1 aliphatic heterocycles. The summed E-state index contributed by atoms with van der Waals surface area (Å²) in [6.45, 7) is 0. The van der Waals surface area contributed by atoms with Crippen molar-refractivity contribution in [1.82, 2.24) is 0 Å². The first-order valence-electron chi connectivity index (χ1n) is 7.25. The van der Waals surface area contributed by atoms with Gasteiger partial charge in [-0.05, 0) is 41.6 Å². The van der Waals surface area contributed by atoms with Gasteiger partial charge in [0.05, 0.1) is 23.3 Å². The average Bonchev–Trinajstić information content (AvgIpc) is 2.89. The molecule has 2 amide bonds. The van der Waals surface area contributed by atoms with Gasteiger partial charge in [-0.1, -0.05) is 24.3 Å². The van der Waals surface area contributed by atoms with Gasteiger partial charge < -0.3 is 9.84 Å². The first-order chi connectivity index (χ1) is 12.0. The second-order valence-electron chi connectivity index (χ2n) is 5.11. The van der Waals surface area contributed by atoms with Crippen LogP contribution >= 0.6 is 11.8 Å². The molecule has 0 saturated carbocycles. The summed E-state index contributed by atoms with van der Waals surface area (Å²) in [5.41, 5.74) is 0.832. The number of nitrogens with zero attached hydrogens (tertiary/aromatic N) is 1. The molecule has 1 N–H and O–H groups in total. The van der Waals surface area contributed by atoms with E-state index in [0.29, 0.717) is 17.0 Å². The molecule has 3 rings (SSSR count). The van der Waals surface area contributed by atoms with Crippen LogP contribution in [0, 0.1) is 0 Å². The van der Waals surface area contributed by atoms with Crippen LogP contribution < -0.4 is 9.64 Å². The van der Waals surface area contributed by atoms with Gasteiger partial charge in [-0.3, -0.25) is 9.59 Å². The van der Waals surface area contributed by atoms with Crippen LogP contribution in [-0.4, -0.2) is 29.3 Å². The lowest BCUT2D eigenvalue weighted by atomic mass is 10.1. The Morgan fingerprint density at radius 1 is 1.16 bits per heavy atom. The summed E-state index contributed by atoms with van der Waals surface area (Å²) in [6, 6.07) is 12.9. The van der Waals surface area contributed by atoms with Crippen molar-refractivity contribution in [3.63, 3.8) is 0 Å². The summed E-state index contributed by atoms with van der Waals surface area (Å²) in [7, 11) is 1.50. The normalized spacial score (nSPS) is 15.7. The molecule has 0 unspecified atom stereocenters. The molecule has 0 atom stereocenters. The van der Waals surface area contributed by atoms with Crippen LogP contribution in [0.15, 0.2) is 53.4 Å². The van der Waals surface area contributed by atoms with E-state index >= 15 is 0 Å². The van der Waals surface area contributed by atoms with Crippen LogP contribution in [0.1, 0.15) is 15.9 Å². The number of benzene rings is 2. The summed E-state index contributed by atoms with van der Waals surface area (Å²) in [6.07, 6.45) is 1.43. The molecule has 1 saturated heterocycles. The largest absolute Gasteiger partial charge is 0.497 e. The SMILES string of the molecule is COc1cccc(N2C(=O)S/C(=C/c3ccccc3C(=O)O)C2=O)c1. The van der Waals surface area contributed by atoms with E-state index in [0.717, 1.165) is 16.7 Å². The maximum Gasteiger partial charge on any atom is 0.336 e. The van der Waals surface area contributed by atoms with Gasteiger partial charge in [0.25, 0.3) is 11.1 Å². The van der Waals surface area contributed by atoms with Crippen molar-refractivity contribution < 1.29 is 24.2 Å². The van der Waals surface area contributed by atoms with Crippen molar-refractivity contribution in [2.45, 2.75) is 0 Å². The average molecular weight is 355 g/mol. The zero-order valence-corrected chi connectivity index (χ0v) is 13.9. The highest BCUT2D eigenvalue weighted by Gasteiger charge is 2.36. The van der Waals surface area contributed by atoms with Crippen molar-refractivity contribution in [2.75, 3.05) is 12.0 Å². The lowest BCUT2D eigenvalue weighted by Gasteiger charge is -2.13. The first-order valence-corrected chi connectivity index (χ1v) is 8.07. The van der Waals surface area contributed by atoms with Gasteiger partial charge in [0, 0.05) is 6.07 Å². The molecular formula is C18H13NO5S. The number of methoxy groups -OCH3 is 1. The third-order valence-corrected chi connectivity index (χ3v) is 4.45. The number of ether oxygens (including phenoxy) is 1. The number of imide groups is 1. The molecule has 2 aromatic carbocycles. The third-order valence-electron chi connectivity index (χ3n) is 3.58. The Labute approximate surface area is 147 Å². The molecule has 0 bridgehead atoms. The van der Waals surface area contributed by atoms with Crippen molar-refractivity contribution in [2.24, 2.45) is 0 Å². The zero-order valence-electron chi connectivity index (χ0n) is 13.1. The van der Waals surface area contributed by atoms with Gasteiger partial charge in [0.2, 0.25) is 0 Å². The molecule has 1 fully saturated rings. The Kier molecular flexibility index (Phi) is 4.58. The second kappa shape index (κ2) is 6.82. The Morgan fingerprint density at radius 2 is 1.92 bits per heavy atom. The number of hydrogen-bond donors (Lipinski definition) is 1. The Bertz CT molecular complexity index is 906. The monoisotopic (exact) mass is 355 g/mol. The lowest BCUT2D eigenvalue weighted by molar-refractivity contribution is -0.113. The highest BCUT2D eigenvalue weighted by Crippen LogP contribution is 2.37. The molecule has 0 radical (unpaired) electrons. The molecule has 126 valence electrons. The smallest absolute Gasteiger partial charge is 0.336 e. The molecule has 1 aliphatic rings. The number of thioether (sulfide) groups is 1. The van der Waals surface area contributed by atoms with E-state index < -0.39 is 17.1 Å². The van der Waals surface area contributed by atoms with Crippen LogP contribution in [0.4, 0.5) is 10.5 Å². The van der Waals surface area contributed by atoms with E-state index in [-0.39, 0.29) is 10.5 Å². The Hall–Kier alpha value is -3.06. The van der Waals surface area contributed by atoms with Crippen LogP contribution in [0.5, 0.6) is 5.75 Å². The molecule has 2 aromatic rings. The molecule has 1 heterocycles. The number of hydrogen-bond acceptors (Lipinski definition) is 5. The number of aromatic carboxylic acids is 1. The maximum atomic E-state index is 12.6. The van der Waals surface area contributed by atoms with E-state index in [1.54, 1.807) is 42.5 Å². The highest BCUT2D eigenvalue weighted by atomic mass is 32.2. The second-order valence-corrected chi connectivity index (χ2v) is 6.10. The van der Waals surface area contributed by atoms with Crippen molar-refractivity contribution in [3.8, 4) is 5.75 Å². The number of rotatable bonds is 4. The van der Waals surface area contributed by atoms with Gasteiger partial charge in [-0.25, -0.2) is 9.69 Å². The fourth-order valence-corrected chi connectivity index (χ4v) is 3.23. The zero-order chi connectivity index (χ0) is 18.0. The van der Waals surface area contributed by atoms with Gasteiger partial charge in [-0.2, -0.15) is 0 Å². The minimum atomic E-state index is -1.10. The summed E-state index contributed by atoms with van der Waals surface area (Å²) < 4.78 is 5.11. The van der Waals surface area contributed by atoms with Crippen LogP contribution in [0.25, 0.3) is 6.08 Å². The van der Waals surface area contributed by atoms with Gasteiger partial charge >= 0.3 is 5.97 Å². The van der Waals surface area contributed by atoms with Gasteiger partial charge in [0.1, 0.15) is 5.75 Å². The van der Waals surface area contributed by atoms with E-state index in [4.69, 9.17) is 4.74 Å². The van der Waals surface area contributed by atoms with E-state index in [9.17, 15) is 19.5 Å². The highest BCUT2D eigenvalue weighted by molar-refractivity contribution is 8.19. The van der Waals surface area contributed by atoms with Crippen LogP contribution in [0.2, 0.25) is 0 Å². The fourth-order valence-electron chi connectivity index (χ4n) is 2.40. The summed E-state index contributed by atoms with van der Waals surface area (Å²) in [4.78, 5) is 37.4. The molecule has 0 spiro atoms. The maximum absolute atomic E-state index is 12.6. The number of carboxylic acids is 1. The molecule has 6 nitrogen and oxygen atoms in total. The van der Waals surface area contributed by atoms with Gasteiger partial charge in [-0.15, -0.1) is 0 Å². The molecule has 25 heavy (non-hydrogen) atoms. The van der Waals surface area contributed by atoms with E-state index in [1.165, 1.54) is 19.3 Å². The lowest BCUT2D eigenvalue weighted by Crippen LogP contribution is -2.27. The third kappa shape index (κ3) is 3.27. The topological polar surface area (TPSA) is 83.9 Å². The van der Waals surface area contributed by atoms with E-state index in [1.807, 2.05) is 0 Å². The minimum absolute atomic E-state index is 0.0654. The van der Waals surface area contributed by atoms with Crippen molar-refractivity contribution in [1.29, 1.82) is 0 Å². The molecule has 7 heteroatoms. The summed E-state index contributed by atoms with van der Waals surface area (Å²) in [5, 5.41) is 8.79. The molecular weight excluding hydrogens is 342 g/mol. The molecule has 0 aromatic heterocycles. The fraction of sp³-hybridized carbons (Fsp3) is 0.0556. The standard InChI is InChI=1S/C18H13NO5S/c1-24-13-7-4-6-12(10-13)19-16(20)15(25-18(19)23)9-11-5-2-3-8-14(11)17(21)22/h2-10H,1H3,(H,21,22)/b15-9+. The van der Waals surface area contributed by atoms with E-state index in [2.05, 4.69) is 0 Å². The summed E-state index contributed by atoms with van der Waals surface area (Å²) in [5.74, 6) is -1.07. The summed E-state index contributed by atoms with van der Waals surface area (Å²) >= 11 is 0.770. The van der Waals surface area contributed by atoms with Crippen LogP contribution in [0.3, 0.4) is 0 Å². The number of carbonyl (C=O) groups excluding carboxylic acids is 2. The quantitative estimate of drug-likeness (QED) is 0.843. The van der Waals surface area contributed by atoms with Crippen LogP contribution in [-0.2, 0) is 4.79 Å². The molecule has 0 aliphatic carbocycles. The minimum Gasteiger partial charge on any atom is -0.497 e. The number of amides is 2. The number of carbonyl (C=O) groups is 3. The number of anilines is 1.